The zero-order chi connectivity index (χ0) is 15.8. The van der Waals surface area contributed by atoms with Crippen LogP contribution < -0.4 is 10.1 Å². The van der Waals surface area contributed by atoms with E-state index in [0.717, 1.165) is 0 Å². The van der Waals surface area contributed by atoms with Crippen LogP contribution in [0, 0.1) is 16.0 Å². The average molecular weight is 298 g/mol. The van der Waals surface area contributed by atoms with E-state index in [9.17, 15) is 14.9 Å². The predicted octanol–water partition coefficient (Wildman–Crippen LogP) is 1.70. The molecule has 0 radical (unpaired) electrons. The number of hydrogen-bond donors (Lipinski definition) is 2. The summed E-state index contributed by atoms with van der Waals surface area (Å²) < 4.78 is 4.84. The van der Waals surface area contributed by atoms with Crippen molar-refractivity contribution < 1.29 is 19.6 Å². The summed E-state index contributed by atoms with van der Waals surface area (Å²) in [5, 5.41) is 22.5. The molecule has 1 heterocycles. The van der Waals surface area contributed by atoms with Gasteiger partial charge in [0.15, 0.2) is 0 Å². The molecule has 0 saturated carbocycles. The van der Waals surface area contributed by atoms with Gasteiger partial charge in [-0.2, -0.15) is 4.98 Å². The second-order valence-electron chi connectivity index (χ2n) is 4.59. The Morgan fingerprint density at radius 1 is 1.52 bits per heavy atom. The van der Waals surface area contributed by atoms with Gasteiger partial charge >= 0.3 is 11.7 Å². The van der Waals surface area contributed by atoms with Crippen LogP contribution in [0.25, 0.3) is 0 Å². The van der Waals surface area contributed by atoms with Crippen LogP contribution in [-0.2, 0) is 4.79 Å². The van der Waals surface area contributed by atoms with E-state index in [1.54, 1.807) is 0 Å². The molecule has 9 heteroatoms. The minimum absolute atomic E-state index is 0.0947. The summed E-state index contributed by atoms with van der Waals surface area (Å²) in [5.41, 5.74) is -0.307. The molecule has 1 atom stereocenters. The number of ether oxygens (including phenoxy) is 1. The van der Waals surface area contributed by atoms with Crippen molar-refractivity contribution in [3.05, 3.63) is 16.4 Å². The van der Waals surface area contributed by atoms with Crippen molar-refractivity contribution in [1.82, 2.24) is 9.97 Å². The maximum absolute atomic E-state index is 11.0. The van der Waals surface area contributed by atoms with E-state index in [1.807, 2.05) is 6.92 Å². The predicted molar refractivity (Wildman–Crippen MR) is 74.4 cm³/mol. The number of nitrogens with one attached hydrogen (secondary N) is 1. The molecule has 1 unspecified atom stereocenters. The van der Waals surface area contributed by atoms with Gasteiger partial charge in [-0.1, -0.05) is 6.92 Å². The molecule has 0 saturated heterocycles. The number of carboxylic acid groups (broad SMARTS) is 1. The standard InChI is InChI=1S/C12H18N4O5/c1-8(3-4-9(17)18)5-6-13-11-10(16(19)20)12(21-2)15-7-14-11/h7-8H,3-6H2,1-2H3,(H,17,18)(H,13,14,15). The fraction of sp³-hybridized carbons (Fsp3) is 0.583. The van der Waals surface area contributed by atoms with Gasteiger partial charge in [0.1, 0.15) is 6.33 Å². The van der Waals surface area contributed by atoms with Crippen LogP contribution in [0.1, 0.15) is 26.2 Å². The number of aliphatic carboxylic acids is 1. The minimum Gasteiger partial charge on any atom is -0.481 e. The molecule has 1 rings (SSSR count). The van der Waals surface area contributed by atoms with Gasteiger partial charge in [-0.3, -0.25) is 14.9 Å². The molecule has 1 aromatic rings. The van der Waals surface area contributed by atoms with Crippen LogP contribution in [0.4, 0.5) is 11.5 Å². The van der Waals surface area contributed by atoms with Gasteiger partial charge in [0.05, 0.1) is 12.0 Å². The Morgan fingerprint density at radius 2 is 2.24 bits per heavy atom. The van der Waals surface area contributed by atoms with Crippen molar-refractivity contribution in [2.45, 2.75) is 26.2 Å². The molecule has 0 aliphatic carbocycles. The van der Waals surface area contributed by atoms with Crippen molar-refractivity contribution in [2.75, 3.05) is 19.0 Å². The second kappa shape index (κ2) is 7.98. The summed E-state index contributed by atoms with van der Waals surface area (Å²) in [5.74, 6) is -0.643. The Bertz CT molecular complexity index is 508. The molecule has 0 bridgehead atoms. The highest BCUT2D eigenvalue weighted by molar-refractivity contribution is 5.66. The molecular weight excluding hydrogens is 280 g/mol. The van der Waals surface area contributed by atoms with Gasteiger partial charge in [0.25, 0.3) is 5.88 Å². The Hall–Kier alpha value is -2.45. The maximum Gasteiger partial charge on any atom is 0.372 e. The van der Waals surface area contributed by atoms with Crippen molar-refractivity contribution >= 4 is 17.5 Å². The Labute approximate surface area is 121 Å². The number of nitro groups is 1. The lowest BCUT2D eigenvalue weighted by Gasteiger charge is -2.11. The molecule has 21 heavy (non-hydrogen) atoms. The zero-order valence-electron chi connectivity index (χ0n) is 11.9. The first kappa shape index (κ1) is 16.6. The molecule has 0 aliphatic rings. The largest absolute Gasteiger partial charge is 0.481 e. The molecular formula is C12H18N4O5. The molecule has 0 aliphatic heterocycles. The molecule has 116 valence electrons. The van der Waals surface area contributed by atoms with E-state index in [1.165, 1.54) is 13.4 Å². The molecule has 0 spiro atoms. The number of carboxylic acids is 1. The van der Waals surface area contributed by atoms with Crippen molar-refractivity contribution in [3.8, 4) is 5.88 Å². The number of aromatic nitrogens is 2. The number of methoxy groups -OCH3 is 1. The van der Waals surface area contributed by atoms with Gasteiger partial charge < -0.3 is 15.2 Å². The van der Waals surface area contributed by atoms with Gasteiger partial charge in [-0.05, 0) is 18.8 Å². The smallest absolute Gasteiger partial charge is 0.372 e. The first-order valence-electron chi connectivity index (χ1n) is 6.44. The Morgan fingerprint density at radius 3 is 2.81 bits per heavy atom. The summed E-state index contributed by atoms with van der Waals surface area (Å²) in [6, 6.07) is 0. The normalized spacial score (nSPS) is 11.7. The van der Waals surface area contributed by atoms with Crippen LogP contribution in [0.5, 0.6) is 5.88 Å². The van der Waals surface area contributed by atoms with Crippen LogP contribution in [0.2, 0.25) is 0 Å². The second-order valence-corrected chi connectivity index (χ2v) is 4.59. The van der Waals surface area contributed by atoms with E-state index in [4.69, 9.17) is 9.84 Å². The van der Waals surface area contributed by atoms with Crippen LogP contribution in [0.3, 0.4) is 0 Å². The summed E-state index contributed by atoms with van der Waals surface area (Å²) >= 11 is 0. The fourth-order valence-electron chi connectivity index (χ4n) is 1.76. The Balaban J connectivity index is 2.59. The third-order valence-electron chi connectivity index (χ3n) is 2.95. The topological polar surface area (TPSA) is 127 Å². The summed E-state index contributed by atoms with van der Waals surface area (Å²) in [6.45, 7) is 2.38. The number of anilines is 1. The van der Waals surface area contributed by atoms with Crippen molar-refractivity contribution in [1.29, 1.82) is 0 Å². The first-order valence-corrected chi connectivity index (χ1v) is 6.44. The molecule has 1 aromatic heterocycles. The molecule has 0 aromatic carbocycles. The third kappa shape index (κ3) is 5.21. The molecule has 0 fully saturated rings. The van der Waals surface area contributed by atoms with E-state index < -0.39 is 10.9 Å². The fourth-order valence-corrected chi connectivity index (χ4v) is 1.76. The van der Waals surface area contributed by atoms with E-state index >= 15 is 0 Å². The zero-order valence-corrected chi connectivity index (χ0v) is 11.9. The maximum atomic E-state index is 11.0. The van der Waals surface area contributed by atoms with Gasteiger partial charge in [0.2, 0.25) is 5.82 Å². The lowest BCUT2D eigenvalue weighted by atomic mass is 10.0. The van der Waals surface area contributed by atoms with Crippen LogP contribution in [-0.4, -0.2) is 39.6 Å². The van der Waals surface area contributed by atoms with Crippen LogP contribution in [0.15, 0.2) is 6.33 Å². The van der Waals surface area contributed by atoms with Gasteiger partial charge in [0, 0.05) is 13.0 Å². The monoisotopic (exact) mass is 298 g/mol. The number of rotatable bonds is 9. The Kier molecular flexibility index (Phi) is 6.31. The highest BCUT2D eigenvalue weighted by Crippen LogP contribution is 2.30. The summed E-state index contributed by atoms with van der Waals surface area (Å²) in [7, 11) is 1.30. The highest BCUT2D eigenvalue weighted by Gasteiger charge is 2.23. The number of hydrogen-bond acceptors (Lipinski definition) is 7. The SMILES string of the molecule is COc1ncnc(NCCC(C)CCC(=O)O)c1[N+](=O)[O-]. The lowest BCUT2D eigenvalue weighted by Crippen LogP contribution is -2.11. The van der Waals surface area contributed by atoms with Crippen molar-refractivity contribution in [2.24, 2.45) is 5.92 Å². The first-order chi connectivity index (χ1) is 9.95. The number of carbonyl (C=O) groups is 1. The number of nitrogens with zero attached hydrogens (tertiary/aromatic N) is 3. The van der Waals surface area contributed by atoms with E-state index in [2.05, 4.69) is 15.3 Å². The third-order valence-corrected chi connectivity index (χ3v) is 2.95. The molecule has 0 amide bonds. The van der Waals surface area contributed by atoms with E-state index in [0.29, 0.717) is 19.4 Å². The molecule has 9 nitrogen and oxygen atoms in total. The minimum atomic E-state index is -0.828. The van der Waals surface area contributed by atoms with Crippen LogP contribution >= 0.6 is 0 Å². The average Bonchev–Trinajstić information content (AvgIpc) is 2.44. The highest BCUT2D eigenvalue weighted by atomic mass is 16.6. The quantitative estimate of drug-likeness (QED) is 0.520. The van der Waals surface area contributed by atoms with Gasteiger partial charge in [-0.15, -0.1) is 0 Å². The van der Waals surface area contributed by atoms with Gasteiger partial charge in [-0.25, -0.2) is 4.98 Å². The summed E-state index contributed by atoms with van der Waals surface area (Å²) in [4.78, 5) is 28.4. The van der Waals surface area contributed by atoms with E-state index in [-0.39, 0.29) is 29.7 Å². The summed E-state index contributed by atoms with van der Waals surface area (Å²) in [6.07, 6.45) is 2.54. The lowest BCUT2D eigenvalue weighted by molar-refractivity contribution is -0.385. The molecule has 2 N–H and O–H groups in total. The van der Waals surface area contributed by atoms with Crippen molar-refractivity contribution in [3.63, 3.8) is 0 Å².